The van der Waals surface area contributed by atoms with Crippen molar-refractivity contribution in [3.8, 4) is 0 Å². The Kier molecular flexibility index (Phi) is 33.8. The minimum Gasteiger partial charge on any atom is -0.327 e. The zero-order valence-corrected chi connectivity index (χ0v) is 20.4. The molecule has 0 bridgehead atoms. The molecule has 0 fully saturated rings. The first-order valence-corrected chi connectivity index (χ1v) is 10.00. The average Bonchev–Trinajstić information content (AvgIpc) is 2.62. The van der Waals surface area contributed by atoms with Crippen LogP contribution in [0.5, 0.6) is 0 Å². The van der Waals surface area contributed by atoms with Crippen molar-refractivity contribution in [3.63, 3.8) is 0 Å². The molecule has 1 nitrogen and oxygen atoms in total. The second-order valence-electron chi connectivity index (χ2n) is 7.91. The zero-order chi connectivity index (χ0) is 23.2. The maximum Gasteiger partial charge on any atom is 0.123 e. The average molecular weight is 386 g/mol. The summed E-state index contributed by atoms with van der Waals surface area (Å²) in [5.41, 5.74) is 6.66. The first-order chi connectivity index (χ1) is 12.2. The third-order valence-electron chi connectivity index (χ3n) is 3.88. The second kappa shape index (κ2) is 24.8. The van der Waals surface area contributed by atoms with Gasteiger partial charge in [0.2, 0.25) is 0 Å². The minimum absolute atomic E-state index is 0.127. The predicted octanol–water partition coefficient (Wildman–Crippen LogP) is 8.54. The van der Waals surface area contributed by atoms with Gasteiger partial charge in [0, 0.05) is 6.04 Å². The van der Waals surface area contributed by atoms with Gasteiger partial charge >= 0.3 is 0 Å². The number of hydrogen-bond donors (Lipinski definition) is 1. The van der Waals surface area contributed by atoms with E-state index in [2.05, 4.69) is 67.5 Å². The molecule has 164 valence electrons. The molecule has 0 amide bonds. The van der Waals surface area contributed by atoms with Crippen LogP contribution in [0.2, 0.25) is 0 Å². The molecule has 0 rings (SSSR count). The Labute approximate surface area is 172 Å². The zero-order valence-electron chi connectivity index (χ0n) is 20.4. The first kappa shape index (κ1) is 36.7. The lowest BCUT2D eigenvalue weighted by Gasteiger charge is -2.13. The predicted molar refractivity (Wildman–Crippen MR) is 129 cm³/mol. The lowest BCUT2D eigenvalue weighted by atomic mass is 9.94. The van der Waals surface area contributed by atoms with Gasteiger partial charge in [0.25, 0.3) is 0 Å². The molecule has 4 unspecified atom stereocenters. The quantitative estimate of drug-likeness (QED) is 0.471. The van der Waals surface area contributed by atoms with E-state index in [9.17, 15) is 4.39 Å². The van der Waals surface area contributed by atoms with Gasteiger partial charge in [0.1, 0.15) is 6.17 Å². The van der Waals surface area contributed by atoms with Gasteiger partial charge in [-0.25, -0.2) is 4.39 Å². The van der Waals surface area contributed by atoms with Crippen LogP contribution in [0.15, 0.2) is 50.6 Å². The van der Waals surface area contributed by atoms with Gasteiger partial charge in [-0.05, 0) is 43.6 Å². The van der Waals surface area contributed by atoms with Crippen molar-refractivity contribution in [2.45, 2.75) is 94.3 Å². The van der Waals surface area contributed by atoms with Crippen molar-refractivity contribution in [3.05, 3.63) is 50.6 Å². The number of hydrogen-bond acceptors (Lipinski definition) is 1. The van der Waals surface area contributed by atoms with Crippen LogP contribution in [0, 0.1) is 17.3 Å². The summed E-state index contributed by atoms with van der Waals surface area (Å²) in [5.74, 6) is 0.572. The summed E-state index contributed by atoms with van der Waals surface area (Å²) in [7, 11) is 0. The summed E-state index contributed by atoms with van der Waals surface area (Å²) < 4.78 is 12.8. The Hall–Kier alpha value is -1.15. The van der Waals surface area contributed by atoms with Crippen LogP contribution in [0.25, 0.3) is 0 Å². The molecule has 0 aliphatic carbocycles. The molecular weight excluding hydrogens is 333 g/mol. The molecule has 27 heavy (non-hydrogen) atoms. The van der Waals surface area contributed by atoms with Crippen LogP contribution in [-0.4, -0.2) is 12.2 Å². The first-order valence-electron chi connectivity index (χ1n) is 10.00. The summed E-state index contributed by atoms with van der Waals surface area (Å²) in [5, 5.41) is 0. The van der Waals surface area contributed by atoms with Crippen molar-refractivity contribution >= 4 is 0 Å². The van der Waals surface area contributed by atoms with E-state index in [1.165, 1.54) is 6.42 Å². The van der Waals surface area contributed by atoms with E-state index in [0.29, 0.717) is 16.9 Å². The molecule has 2 N–H and O–H groups in total. The molecule has 0 aliphatic rings. The molecule has 0 spiro atoms. The van der Waals surface area contributed by atoms with Crippen LogP contribution in [0.1, 0.15) is 82.1 Å². The standard InChI is InChI=1S/C8H15F.C6H13N.C6H14.C3H6.C2H4/c1-5-7(4)8(9)6(2)3;1-4-5(2)6(3)7;1-5-6(2,3)4;1-3-2;1-2/h7-8H,2,5H2,1,3-4H3;4-6H,1,7H2,2-3H3;5H2,1-4H3;3H,1H2,2H3;1-2H2. The number of allylic oxidation sites excluding steroid dienone is 2. The molecule has 0 aromatic carbocycles. The fraction of sp³-hybridized carbons (Fsp3) is 0.680. The molecule has 0 aromatic heterocycles. The van der Waals surface area contributed by atoms with Crippen molar-refractivity contribution in [2.24, 2.45) is 23.0 Å². The highest BCUT2D eigenvalue weighted by atomic mass is 19.1. The van der Waals surface area contributed by atoms with Gasteiger partial charge in [-0.2, -0.15) is 0 Å². The van der Waals surface area contributed by atoms with Crippen molar-refractivity contribution < 1.29 is 4.39 Å². The smallest absolute Gasteiger partial charge is 0.123 e. The number of nitrogens with two attached hydrogens (primary N) is 1. The molecule has 0 aromatic rings. The molecule has 0 saturated carbocycles. The van der Waals surface area contributed by atoms with Gasteiger partial charge in [-0.15, -0.1) is 26.3 Å². The Morgan fingerprint density at radius 3 is 1.41 bits per heavy atom. The van der Waals surface area contributed by atoms with E-state index in [-0.39, 0.29) is 12.0 Å². The third-order valence-corrected chi connectivity index (χ3v) is 3.88. The van der Waals surface area contributed by atoms with Gasteiger partial charge in [-0.1, -0.05) is 80.0 Å². The summed E-state index contributed by atoms with van der Waals surface area (Å²) in [4.78, 5) is 0. The fourth-order valence-corrected chi connectivity index (χ4v) is 0.907. The lowest BCUT2D eigenvalue weighted by molar-refractivity contribution is 0.277. The molecule has 0 aliphatic heterocycles. The van der Waals surface area contributed by atoms with E-state index in [4.69, 9.17) is 5.73 Å². The van der Waals surface area contributed by atoms with Gasteiger partial charge < -0.3 is 5.73 Å². The topological polar surface area (TPSA) is 26.0 Å². The minimum atomic E-state index is -0.810. The molecule has 0 radical (unpaired) electrons. The lowest BCUT2D eigenvalue weighted by Crippen LogP contribution is -2.22. The summed E-state index contributed by atoms with van der Waals surface area (Å²) in [6, 6.07) is 0.248. The normalized spacial score (nSPS) is 13.6. The summed E-state index contributed by atoms with van der Waals surface area (Å²) in [6.45, 7) is 37.0. The van der Waals surface area contributed by atoms with Gasteiger partial charge in [-0.3, -0.25) is 0 Å². The van der Waals surface area contributed by atoms with Gasteiger partial charge in [0.05, 0.1) is 0 Å². The van der Waals surface area contributed by atoms with E-state index in [1.54, 1.807) is 13.0 Å². The van der Waals surface area contributed by atoms with Crippen LogP contribution in [0.4, 0.5) is 4.39 Å². The van der Waals surface area contributed by atoms with E-state index < -0.39 is 6.17 Å². The van der Waals surface area contributed by atoms with Crippen molar-refractivity contribution in [1.29, 1.82) is 0 Å². The fourth-order valence-electron chi connectivity index (χ4n) is 0.907. The van der Waals surface area contributed by atoms with Crippen LogP contribution < -0.4 is 5.73 Å². The molecule has 0 heterocycles. The molecular formula is C25H52FN. The largest absolute Gasteiger partial charge is 0.327 e. The Balaban J connectivity index is -0.0000000811. The van der Waals surface area contributed by atoms with Gasteiger partial charge in [0.15, 0.2) is 0 Å². The van der Waals surface area contributed by atoms with E-state index in [0.717, 1.165) is 6.42 Å². The van der Waals surface area contributed by atoms with Crippen molar-refractivity contribution in [1.82, 2.24) is 0 Å². The molecule has 2 heteroatoms. The van der Waals surface area contributed by atoms with Crippen molar-refractivity contribution in [2.75, 3.05) is 0 Å². The van der Waals surface area contributed by atoms with Crippen LogP contribution >= 0.6 is 0 Å². The highest BCUT2D eigenvalue weighted by molar-refractivity contribution is 4.98. The summed E-state index contributed by atoms with van der Waals surface area (Å²) in [6.07, 6.45) is 4.96. The third kappa shape index (κ3) is 40.7. The van der Waals surface area contributed by atoms with Crippen LogP contribution in [0.3, 0.4) is 0 Å². The number of rotatable bonds is 5. The monoisotopic (exact) mass is 385 g/mol. The Bertz CT molecular complexity index is 326. The SMILES string of the molecule is C=C.C=C(C)C(F)C(C)CC.C=CC.C=CC(C)C(C)N.CCC(C)(C)C. The highest BCUT2D eigenvalue weighted by Gasteiger charge is 2.13. The maximum absolute atomic E-state index is 12.8. The number of alkyl halides is 1. The van der Waals surface area contributed by atoms with E-state index >= 15 is 0 Å². The van der Waals surface area contributed by atoms with E-state index in [1.807, 2.05) is 33.8 Å². The maximum atomic E-state index is 12.8. The highest BCUT2D eigenvalue weighted by Crippen LogP contribution is 2.17. The van der Waals surface area contributed by atoms with Crippen LogP contribution in [-0.2, 0) is 0 Å². The molecule has 0 saturated heterocycles. The number of halogens is 1. The summed E-state index contributed by atoms with van der Waals surface area (Å²) >= 11 is 0. The Morgan fingerprint density at radius 2 is 1.37 bits per heavy atom. The molecule has 4 atom stereocenters. The second-order valence-corrected chi connectivity index (χ2v) is 7.91. The Morgan fingerprint density at radius 1 is 1.07 bits per heavy atom.